The van der Waals surface area contributed by atoms with Gasteiger partial charge in [0.1, 0.15) is 11.8 Å². The van der Waals surface area contributed by atoms with E-state index in [1.54, 1.807) is 31.2 Å². The number of halogens is 3. The second-order valence-electron chi connectivity index (χ2n) is 9.35. The lowest BCUT2D eigenvalue weighted by Gasteiger charge is -2.30. The summed E-state index contributed by atoms with van der Waals surface area (Å²) in [5.74, 6) is -0.0855. The number of benzene rings is 2. The minimum absolute atomic E-state index is 0.0287. The quantitative estimate of drug-likeness (QED) is 0.380. The van der Waals surface area contributed by atoms with Crippen molar-refractivity contribution in [2.24, 2.45) is 0 Å². The summed E-state index contributed by atoms with van der Waals surface area (Å²) in [7, 11) is -2.40. The van der Waals surface area contributed by atoms with Gasteiger partial charge in [-0.25, -0.2) is 8.42 Å². The highest BCUT2D eigenvalue weighted by molar-refractivity contribution is 7.92. The molecule has 0 aliphatic carbocycles. The topological polar surface area (TPSA) is 96.0 Å². The minimum Gasteiger partial charge on any atom is -0.497 e. The molecule has 0 radical (unpaired) electrons. The Kier molecular flexibility index (Phi) is 11.2. The molecule has 0 saturated heterocycles. The maximum atomic E-state index is 13.3. The second-order valence-corrected chi connectivity index (χ2v) is 11.3. The van der Waals surface area contributed by atoms with E-state index < -0.39 is 33.7 Å². The molecule has 0 unspecified atom stereocenters. The van der Waals surface area contributed by atoms with Crippen LogP contribution in [0.25, 0.3) is 0 Å². The third kappa shape index (κ3) is 9.45. The molecular formula is C27H36F3N3O5S. The summed E-state index contributed by atoms with van der Waals surface area (Å²) in [6, 6.07) is 10.1. The average Bonchev–Trinajstić information content (AvgIpc) is 2.88. The summed E-state index contributed by atoms with van der Waals surface area (Å²) in [6.45, 7) is 5.31. The number of nitrogens with one attached hydrogen (secondary N) is 1. The number of hydrogen-bond acceptors (Lipinski definition) is 5. The predicted molar refractivity (Wildman–Crippen MR) is 144 cm³/mol. The van der Waals surface area contributed by atoms with Gasteiger partial charge >= 0.3 is 6.18 Å². The second kappa shape index (κ2) is 13.7. The fraction of sp³-hybridized carbons (Fsp3) is 0.481. The number of carbonyl (C=O) groups is 2. The molecule has 0 spiro atoms. The zero-order valence-electron chi connectivity index (χ0n) is 22.8. The summed E-state index contributed by atoms with van der Waals surface area (Å²) < 4.78 is 70.4. The molecular weight excluding hydrogens is 535 g/mol. The number of amides is 2. The van der Waals surface area contributed by atoms with Crippen molar-refractivity contribution in [3.05, 3.63) is 59.7 Å². The van der Waals surface area contributed by atoms with E-state index in [2.05, 4.69) is 5.32 Å². The summed E-state index contributed by atoms with van der Waals surface area (Å²) in [5.41, 5.74) is -0.359. The van der Waals surface area contributed by atoms with Crippen molar-refractivity contribution >= 4 is 27.5 Å². The number of carbonyl (C=O) groups excluding carboxylic acids is 2. The lowest BCUT2D eigenvalue weighted by atomic mass is 10.1. The van der Waals surface area contributed by atoms with Crippen molar-refractivity contribution in [1.82, 2.24) is 10.2 Å². The lowest BCUT2D eigenvalue weighted by molar-refractivity contribution is -0.140. The monoisotopic (exact) mass is 571 g/mol. The highest BCUT2D eigenvalue weighted by atomic mass is 32.2. The zero-order valence-corrected chi connectivity index (χ0v) is 23.6. The Morgan fingerprint density at radius 2 is 1.72 bits per heavy atom. The van der Waals surface area contributed by atoms with Crippen LogP contribution in [0.1, 0.15) is 51.2 Å². The molecule has 8 nitrogen and oxygen atoms in total. The van der Waals surface area contributed by atoms with Gasteiger partial charge in [-0.15, -0.1) is 0 Å². The third-order valence-corrected chi connectivity index (χ3v) is 7.49. The maximum Gasteiger partial charge on any atom is 0.416 e. The van der Waals surface area contributed by atoms with Crippen LogP contribution in [0.3, 0.4) is 0 Å². The van der Waals surface area contributed by atoms with Gasteiger partial charge in [-0.3, -0.25) is 13.9 Å². The first kappa shape index (κ1) is 31.9. The first-order chi connectivity index (χ1) is 18.2. The Morgan fingerprint density at radius 3 is 2.26 bits per heavy atom. The van der Waals surface area contributed by atoms with Gasteiger partial charge in [-0.05, 0) is 62.6 Å². The van der Waals surface area contributed by atoms with Gasteiger partial charge in [0.2, 0.25) is 21.8 Å². The highest BCUT2D eigenvalue weighted by Crippen LogP contribution is 2.32. The van der Waals surface area contributed by atoms with Gasteiger partial charge in [0.15, 0.2) is 0 Å². The van der Waals surface area contributed by atoms with Gasteiger partial charge in [-0.1, -0.05) is 25.1 Å². The molecule has 39 heavy (non-hydrogen) atoms. The summed E-state index contributed by atoms with van der Waals surface area (Å²) in [5, 5.41) is 2.87. The third-order valence-electron chi connectivity index (χ3n) is 6.29. The van der Waals surface area contributed by atoms with Crippen LogP contribution in [-0.4, -0.2) is 57.1 Å². The number of ether oxygens (including phenoxy) is 1. The fourth-order valence-corrected chi connectivity index (χ4v) is 4.77. The Hall–Kier alpha value is -3.28. The standard InChI is InChI=1S/C27H36F3N3O5S/c1-6-19(2)31-26(35)20(3)32(18-21-12-14-24(38-4)15-13-21)25(34)11-8-16-33(39(5,36)37)23-10-7-9-22(17-23)27(28,29)30/h7,9-10,12-15,17,19-20H,6,8,11,16,18H2,1-5H3,(H,31,35)/t19-,20+/m1/s1. The number of sulfonamides is 1. The van der Waals surface area contributed by atoms with Crippen LogP contribution in [0, 0.1) is 0 Å². The number of anilines is 1. The van der Waals surface area contributed by atoms with E-state index in [0.717, 1.165) is 34.3 Å². The minimum atomic E-state index is -4.64. The molecule has 0 aromatic heterocycles. The fourth-order valence-electron chi connectivity index (χ4n) is 3.82. The van der Waals surface area contributed by atoms with E-state index in [4.69, 9.17) is 4.74 Å². The normalized spacial score (nSPS) is 13.3. The van der Waals surface area contributed by atoms with Crippen LogP contribution >= 0.6 is 0 Å². The van der Waals surface area contributed by atoms with Gasteiger partial charge in [0, 0.05) is 25.6 Å². The lowest BCUT2D eigenvalue weighted by Crippen LogP contribution is -2.49. The molecule has 12 heteroatoms. The molecule has 2 atom stereocenters. The van der Waals surface area contributed by atoms with E-state index in [1.165, 1.54) is 18.1 Å². The molecule has 216 valence electrons. The van der Waals surface area contributed by atoms with Crippen molar-refractivity contribution in [1.29, 1.82) is 0 Å². The van der Waals surface area contributed by atoms with Crippen LogP contribution < -0.4 is 14.4 Å². The number of rotatable bonds is 13. The Labute approximate surface area is 228 Å². The number of methoxy groups -OCH3 is 1. The predicted octanol–water partition coefficient (Wildman–Crippen LogP) is 4.59. The molecule has 0 saturated carbocycles. The number of alkyl halides is 3. The Morgan fingerprint density at radius 1 is 1.08 bits per heavy atom. The Bertz CT molecular complexity index is 1220. The highest BCUT2D eigenvalue weighted by Gasteiger charge is 2.32. The van der Waals surface area contributed by atoms with Crippen molar-refractivity contribution in [3.8, 4) is 5.75 Å². The largest absolute Gasteiger partial charge is 0.497 e. The summed E-state index contributed by atoms with van der Waals surface area (Å²) in [4.78, 5) is 27.6. The molecule has 2 amide bonds. The van der Waals surface area contributed by atoms with Crippen LogP contribution in [0.15, 0.2) is 48.5 Å². The van der Waals surface area contributed by atoms with Crippen molar-refractivity contribution in [2.75, 3.05) is 24.2 Å². The molecule has 2 rings (SSSR count). The summed E-state index contributed by atoms with van der Waals surface area (Å²) >= 11 is 0. The first-order valence-corrected chi connectivity index (χ1v) is 14.4. The van der Waals surface area contributed by atoms with E-state index in [1.807, 2.05) is 13.8 Å². The average molecular weight is 572 g/mol. The number of hydrogen-bond donors (Lipinski definition) is 1. The van der Waals surface area contributed by atoms with Gasteiger partial charge in [0.25, 0.3) is 0 Å². The van der Waals surface area contributed by atoms with Crippen molar-refractivity contribution in [3.63, 3.8) is 0 Å². The first-order valence-electron chi connectivity index (χ1n) is 12.5. The SMILES string of the molecule is CC[C@@H](C)NC(=O)[C@H](C)N(Cc1ccc(OC)cc1)C(=O)CCCN(c1cccc(C(F)(F)F)c1)S(C)(=O)=O. The van der Waals surface area contributed by atoms with E-state index in [9.17, 15) is 31.2 Å². The molecule has 0 aliphatic heterocycles. The van der Waals surface area contributed by atoms with Gasteiger partial charge < -0.3 is 15.0 Å². The van der Waals surface area contributed by atoms with Crippen LogP contribution in [0.5, 0.6) is 5.75 Å². The van der Waals surface area contributed by atoms with Crippen LogP contribution in [-0.2, 0) is 32.3 Å². The van der Waals surface area contributed by atoms with E-state index in [-0.39, 0.29) is 43.6 Å². The molecule has 0 heterocycles. The van der Waals surface area contributed by atoms with Crippen molar-refractivity contribution < 1.29 is 35.9 Å². The molecule has 2 aromatic carbocycles. The molecule has 0 bridgehead atoms. The number of nitrogens with zero attached hydrogens (tertiary/aromatic N) is 2. The van der Waals surface area contributed by atoms with E-state index in [0.29, 0.717) is 12.2 Å². The van der Waals surface area contributed by atoms with E-state index >= 15 is 0 Å². The smallest absolute Gasteiger partial charge is 0.416 e. The summed E-state index contributed by atoms with van der Waals surface area (Å²) in [6.07, 6.45) is -3.12. The zero-order chi connectivity index (χ0) is 29.4. The molecule has 0 aliphatic rings. The van der Waals surface area contributed by atoms with Crippen molar-refractivity contribution in [2.45, 2.75) is 64.8 Å². The van der Waals surface area contributed by atoms with Crippen LogP contribution in [0.4, 0.5) is 18.9 Å². The maximum absolute atomic E-state index is 13.3. The Balaban J connectivity index is 2.22. The molecule has 0 fully saturated rings. The molecule has 1 N–H and O–H groups in total. The van der Waals surface area contributed by atoms with Crippen LogP contribution in [0.2, 0.25) is 0 Å². The van der Waals surface area contributed by atoms with Gasteiger partial charge in [-0.2, -0.15) is 13.2 Å². The molecule has 2 aromatic rings. The van der Waals surface area contributed by atoms with Gasteiger partial charge in [0.05, 0.1) is 24.6 Å².